The fourth-order valence-corrected chi connectivity index (χ4v) is 1.01. The van der Waals surface area contributed by atoms with E-state index in [1.54, 1.807) is 24.3 Å². The summed E-state index contributed by atoms with van der Waals surface area (Å²) in [5, 5.41) is 2.51. The number of ether oxygens (including phenoxy) is 1. The topological polar surface area (TPSA) is 81.4 Å². The fourth-order valence-electron chi connectivity index (χ4n) is 1.01. The van der Waals surface area contributed by atoms with E-state index >= 15 is 0 Å². The minimum Gasteiger partial charge on any atom is -0.469 e. The molecule has 0 saturated heterocycles. The second kappa shape index (κ2) is 4.99. The van der Waals surface area contributed by atoms with Gasteiger partial charge in [0.25, 0.3) is 0 Å². The molecule has 1 aromatic rings. The number of rotatable bonds is 3. The molecular weight excluding hydrogens is 196 g/mol. The number of hydrogen-bond acceptors (Lipinski definition) is 4. The van der Waals surface area contributed by atoms with E-state index in [1.807, 2.05) is 0 Å². The van der Waals surface area contributed by atoms with E-state index < -0.39 is 11.9 Å². The van der Waals surface area contributed by atoms with Crippen molar-refractivity contribution in [1.82, 2.24) is 0 Å². The Morgan fingerprint density at radius 1 is 1.40 bits per heavy atom. The van der Waals surface area contributed by atoms with E-state index in [4.69, 9.17) is 5.73 Å². The number of esters is 1. The first-order valence-corrected chi connectivity index (χ1v) is 4.34. The van der Waals surface area contributed by atoms with Crippen LogP contribution in [0.25, 0.3) is 0 Å². The van der Waals surface area contributed by atoms with Crippen LogP contribution in [0.5, 0.6) is 0 Å². The molecule has 1 aromatic carbocycles. The van der Waals surface area contributed by atoms with Gasteiger partial charge in [0.1, 0.15) is 6.42 Å². The Hall–Kier alpha value is -2.04. The van der Waals surface area contributed by atoms with Crippen LogP contribution in [0.4, 0.5) is 11.4 Å². The van der Waals surface area contributed by atoms with Gasteiger partial charge < -0.3 is 15.8 Å². The summed E-state index contributed by atoms with van der Waals surface area (Å²) in [7, 11) is 1.23. The zero-order chi connectivity index (χ0) is 11.3. The Morgan fingerprint density at radius 3 is 2.67 bits per heavy atom. The number of methoxy groups -OCH3 is 1. The van der Waals surface area contributed by atoms with Crippen molar-refractivity contribution in [3.05, 3.63) is 24.3 Å². The summed E-state index contributed by atoms with van der Waals surface area (Å²) < 4.78 is 4.36. The van der Waals surface area contributed by atoms with Crippen LogP contribution in [-0.4, -0.2) is 19.0 Å². The van der Waals surface area contributed by atoms with Gasteiger partial charge in [-0.15, -0.1) is 0 Å². The molecule has 0 aliphatic carbocycles. The summed E-state index contributed by atoms with van der Waals surface area (Å²) in [5.74, 6) is -1.03. The molecule has 0 atom stereocenters. The highest BCUT2D eigenvalue weighted by Crippen LogP contribution is 2.16. The van der Waals surface area contributed by atoms with Gasteiger partial charge in [-0.25, -0.2) is 0 Å². The molecule has 15 heavy (non-hydrogen) atoms. The molecule has 0 fully saturated rings. The molecule has 0 saturated carbocycles. The highest BCUT2D eigenvalue weighted by molar-refractivity contribution is 6.03. The normalized spacial score (nSPS) is 9.40. The Morgan fingerprint density at radius 2 is 2.07 bits per heavy atom. The van der Waals surface area contributed by atoms with Crippen LogP contribution in [-0.2, 0) is 14.3 Å². The number of para-hydroxylation sites is 2. The second-order valence-corrected chi connectivity index (χ2v) is 2.89. The number of amides is 1. The standard InChI is InChI=1S/C10H12N2O3/c1-15-10(14)6-9(13)12-8-5-3-2-4-7(8)11/h2-5H,6,11H2,1H3,(H,12,13). The minimum atomic E-state index is -0.581. The number of anilines is 2. The summed E-state index contributed by atoms with van der Waals surface area (Å²) >= 11 is 0. The lowest BCUT2D eigenvalue weighted by Crippen LogP contribution is -2.17. The smallest absolute Gasteiger partial charge is 0.315 e. The van der Waals surface area contributed by atoms with Crippen LogP contribution in [0.1, 0.15) is 6.42 Å². The maximum Gasteiger partial charge on any atom is 0.315 e. The van der Waals surface area contributed by atoms with Crippen molar-refractivity contribution in [1.29, 1.82) is 0 Å². The van der Waals surface area contributed by atoms with Gasteiger partial charge in [0, 0.05) is 0 Å². The largest absolute Gasteiger partial charge is 0.469 e. The third-order valence-electron chi connectivity index (χ3n) is 1.77. The van der Waals surface area contributed by atoms with E-state index in [9.17, 15) is 9.59 Å². The summed E-state index contributed by atoms with van der Waals surface area (Å²) in [4.78, 5) is 22.0. The predicted octanol–water partition coefficient (Wildman–Crippen LogP) is 0.770. The number of carbonyl (C=O) groups excluding carboxylic acids is 2. The SMILES string of the molecule is COC(=O)CC(=O)Nc1ccccc1N. The van der Waals surface area contributed by atoms with Crippen LogP contribution in [0.2, 0.25) is 0 Å². The molecule has 80 valence electrons. The molecule has 3 N–H and O–H groups in total. The van der Waals surface area contributed by atoms with Gasteiger partial charge in [0.2, 0.25) is 5.91 Å². The van der Waals surface area contributed by atoms with Crippen molar-refractivity contribution in [2.45, 2.75) is 6.42 Å². The second-order valence-electron chi connectivity index (χ2n) is 2.89. The van der Waals surface area contributed by atoms with E-state index in [2.05, 4.69) is 10.1 Å². The zero-order valence-electron chi connectivity index (χ0n) is 8.32. The van der Waals surface area contributed by atoms with Gasteiger partial charge in [-0.05, 0) is 12.1 Å². The van der Waals surface area contributed by atoms with Crippen molar-refractivity contribution in [3.63, 3.8) is 0 Å². The molecule has 0 unspecified atom stereocenters. The summed E-state index contributed by atoms with van der Waals surface area (Å²) in [5.41, 5.74) is 6.55. The number of nitrogens with two attached hydrogens (primary N) is 1. The lowest BCUT2D eigenvalue weighted by atomic mass is 10.2. The van der Waals surface area contributed by atoms with Crippen LogP contribution in [0, 0.1) is 0 Å². The molecule has 0 aliphatic heterocycles. The van der Waals surface area contributed by atoms with Gasteiger partial charge in [-0.2, -0.15) is 0 Å². The van der Waals surface area contributed by atoms with Crippen molar-refractivity contribution in [2.75, 3.05) is 18.2 Å². The van der Waals surface area contributed by atoms with Gasteiger partial charge in [-0.3, -0.25) is 9.59 Å². The molecule has 0 bridgehead atoms. The Bertz CT molecular complexity index is 377. The first kappa shape index (κ1) is 11.0. The summed E-state index contributed by atoms with van der Waals surface area (Å²) in [6.45, 7) is 0. The number of nitrogens with one attached hydrogen (secondary N) is 1. The molecule has 0 radical (unpaired) electrons. The average Bonchev–Trinajstić information content (AvgIpc) is 2.21. The van der Waals surface area contributed by atoms with Crippen molar-refractivity contribution in [3.8, 4) is 0 Å². The number of nitrogen functional groups attached to an aromatic ring is 1. The van der Waals surface area contributed by atoms with E-state index in [1.165, 1.54) is 7.11 Å². The fraction of sp³-hybridized carbons (Fsp3) is 0.200. The zero-order valence-corrected chi connectivity index (χ0v) is 8.32. The average molecular weight is 208 g/mol. The summed E-state index contributed by atoms with van der Waals surface area (Å²) in [6, 6.07) is 6.81. The molecule has 1 rings (SSSR count). The quantitative estimate of drug-likeness (QED) is 0.436. The summed E-state index contributed by atoms with van der Waals surface area (Å²) in [6.07, 6.45) is -0.315. The van der Waals surface area contributed by atoms with Gasteiger partial charge in [-0.1, -0.05) is 12.1 Å². The molecular formula is C10H12N2O3. The lowest BCUT2D eigenvalue weighted by Gasteiger charge is -2.06. The number of hydrogen-bond donors (Lipinski definition) is 2. The van der Waals surface area contributed by atoms with Gasteiger partial charge >= 0.3 is 5.97 Å². The molecule has 5 nitrogen and oxygen atoms in total. The van der Waals surface area contributed by atoms with Crippen LogP contribution >= 0.6 is 0 Å². The molecule has 5 heteroatoms. The number of carbonyl (C=O) groups is 2. The Balaban J connectivity index is 2.59. The molecule has 0 heterocycles. The maximum atomic E-state index is 11.3. The monoisotopic (exact) mass is 208 g/mol. The Kier molecular flexibility index (Phi) is 3.68. The van der Waals surface area contributed by atoms with Crippen molar-refractivity contribution < 1.29 is 14.3 Å². The molecule has 1 amide bonds. The van der Waals surface area contributed by atoms with Crippen molar-refractivity contribution >= 4 is 23.3 Å². The highest BCUT2D eigenvalue weighted by Gasteiger charge is 2.10. The van der Waals surface area contributed by atoms with E-state index in [0.717, 1.165) is 0 Å². The number of benzene rings is 1. The highest BCUT2D eigenvalue weighted by atomic mass is 16.5. The van der Waals surface area contributed by atoms with Crippen LogP contribution in [0.3, 0.4) is 0 Å². The molecule has 0 spiro atoms. The van der Waals surface area contributed by atoms with Crippen LogP contribution < -0.4 is 11.1 Å². The van der Waals surface area contributed by atoms with Gasteiger partial charge in [0.05, 0.1) is 18.5 Å². The van der Waals surface area contributed by atoms with Crippen LogP contribution in [0.15, 0.2) is 24.3 Å². The van der Waals surface area contributed by atoms with Gasteiger partial charge in [0.15, 0.2) is 0 Å². The van der Waals surface area contributed by atoms with Crippen molar-refractivity contribution in [2.24, 2.45) is 0 Å². The third kappa shape index (κ3) is 3.30. The predicted molar refractivity (Wildman–Crippen MR) is 56.1 cm³/mol. The third-order valence-corrected chi connectivity index (χ3v) is 1.77. The van der Waals surface area contributed by atoms with E-state index in [0.29, 0.717) is 11.4 Å². The first-order chi connectivity index (χ1) is 7.13. The Labute approximate surface area is 87.2 Å². The molecule has 0 aromatic heterocycles. The molecule has 0 aliphatic rings. The maximum absolute atomic E-state index is 11.3. The lowest BCUT2D eigenvalue weighted by molar-refractivity contribution is -0.142. The van der Waals surface area contributed by atoms with E-state index in [-0.39, 0.29) is 6.42 Å². The first-order valence-electron chi connectivity index (χ1n) is 4.34. The minimum absolute atomic E-state index is 0.315.